The van der Waals surface area contributed by atoms with Gasteiger partial charge in [0.2, 0.25) is 0 Å². The lowest BCUT2D eigenvalue weighted by atomic mass is 10.1. The number of ether oxygens (including phenoxy) is 1. The zero-order valence-corrected chi connectivity index (χ0v) is 14.8. The number of aromatic nitrogens is 2. The van der Waals surface area contributed by atoms with Crippen molar-refractivity contribution < 1.29 is 4.74 Å². The Bertz CT molecular complexity index is 1150. The SMILES string of the molecule is COc1cc(C=Cc2cccc(-c3nc4ccccc4[nH]3)c2)ccc1C#N. The number of H-pyrrole nitrogens is 1. The highest BCUT2D eigenvalue weighted by atomic mass is 16.5. The summed E-state index contributed by atoms with van der Waals surface area (Å²) in [6.45, 7) is 0. The van der Waals surface area contributed by atoms with Crippen LogP contribution in [0.25, 0.3) is 34.6 Å². The van der Waals surface area contributed by atoms with Gasteiger partial charge in [-0.2, -0.15) is 5.26 Å². The number of nitrogens with zero attached hydrogens (tertiary/aromatic N) is 2. The molecule has 0 aliphatic carbocycles. The number of hydrogen-bond donors (Lipinski definition) is 1. The Morgan fingerprint density at radius 3 is 2.56 bits per heavy atom. The summed E-state index contributed by atoms with van der Waals surface area (Å²) in [6, 6.07) is 23.8. The van der Waals surface area contributed by atoms with E-state index in [1.807, 2.05) is 66.7 Å². The predicted molar refractivity (Wildman–Crippen MR) is 108 cm³/mol. The topological polar surface area (TPSA) is 61.7 Å². The molecule has 0 saturated carbocycles. The Morgan fingerprint density at radius 2 is 1.78 bits per heavy atom. The van der Waals surface area contributed by atoms with E-state index in [0.29, 0.717) is 11.3 Å². The van der Waals surface area contributed by atoms with Gasteiger partial charge in [-0.05, 0) is 41.5 Å². The number of para-hydroxylation sites is 2. The van der Waals surface area contributed by atoms with Crippen LogP contribution >= 0.6 is 0 Å². The molecule has 0 unspecified atom stereocenters. The second kappa shape index (κ2) is 7.19. The first-order valence-electron chi connectivity index (χ1n) is 8.58. The molecule has 0 bridgehead atoms. The lowest BCUT2D eigenvalue weighted by molar-refractivity contribution is 0.413. The van der Waals surface area contributed by atoms with Crippen molar-refractivity contribution >= 4 is 23.2 Å². The fourth-order valence-electron chi connectivity index (χ4n) is 2.98. The molecule has 0 aliphatic heterocycles. The Labute approximate surface area is 157 Å². The first-order chi connectivity index (χ1) is 13.3. The second-order valence-corrected chi connectivity index (χ2v) is 6.13. The van der Waals surface area contributed by atoms with Crippen LogP contribution in [-0.4, -0.2) is 17.1 Å². The average molecular weight is 351 g/mol. The Hall–Kier alpha value is -3.84. The molecule has 1 aromatic heterocycles. The molecule has 4 heteroatoms. The lowest BCUT2D eigenvalue weighted by Gasteiger charge is -2.03. The van der Waals surface area contributed by atoms with Gasteiger partial charge < -0.3 is 9.72 Å². The number of fused-ring (bicyclic) bond motifs is 1. The van der Waals surface area contributed by atoms with Crippen LogP contribution in [0.2, 0.25) is 0 Å². The van der Waals surface area contributed by atoms with Gasteiger partial charge in [-0.3, -0.25) is 0 Å². The van der Waals surface area contributed by atoms with Crippen molar-refractivity contribution in [3.63, 3.8) is 0 Å². The van der Waals surface area contributed by atoms with Crippen LogP contribution in [0, 0.1) is 11.3 Å². The van der Waals surface area contributed by atoms with Crippen LogP contribution in [0.15, 0.2) is 66.7 Å². The van der Waals surface area contributed by atoms with E-state index < -0.39 is 0 Å². The summed E-state index contributed by atoms with van der Waals surface area (Å²) >= 11 is 0. The molecule has 0 fully saturated rings. The Kier molecular flexibility index (Phi) is 4.42. The summed E-state index contributed by atoms with van der Waals surface area (Å²) in [7, 11) is 1.57. The van der Waals surface area contributed by atoms with Gasteiger partial charge in [-0.25, -0.2) is 4.98 Å². The fourth-order valence-corrected chi connectivity index (χ4v) is 2.98. The third kappa shape index (κ3) is 3.44. The normalized spacial score (nSPS) is 11.0. The van der Waals surface area contributed by atoms with Crippen molar-refractivity contribution in [1.82, 2.24) is 9.97 Å². The van der Waals surface area contributed by atoms with Crippen LogP contribution in [0.5, 0.6) is 5.75 Å². The standard InChI is InChI=1S/C23H17N3O/c1-27-22-14-17(11-12-19(22)15-24)10-9-16-5-4-6-18(13-16)23-25-20-7-2-3-8-21(20)26-23/h2-14H,1H3,(H,25,26). The molecule has 0 spiro atoms. The van der Waals surface area contributed by atoms with E-state index in [9.17, 15) is 0 Å². The van der Waals surface area contributed by atoms with E-state index in [4.69, 9.17) is 10.00 Å². The first-order valence-corrected chi connectivity index (χ1v) is 8.58. The number of nitrogens with one attached hydrogen (secondary N) is 1. The van der Waals surface area contributed by atoms with Crippen molar-refractivity contribution in [2.75, 3.05) is 7.11 Å². The number of hydrogen-bond acceptors (Lipinski definition) is 3. The zero-order valence-electron chi connectivity index (χ0n) is 14.8. The van der Waals surface area contributed by atoms with E-state index in [-0.39, 0.29) is 0 Å². The van der Waals surface area contributed by atoms with Gasteiger partial charge in [0.15, 0.2) is 0 Å². The molecule has 3 aromatic carbocycles. The molecule has 4 aromatic rings. The zero-order chi connectivity index (χ0) is 18.6. The summed E-state index contributed by atoms with van der Waals surface area (Å²) in [5.41, 5.74) is 5.58. The number of imidazole rings is 1. The van der Waals surface area contributed by atoms with Crippen LogP contribution in [0.3, 0.4) is 0 Å². The maximum absolute atomic E-state index is 9.08. The highest BCUT2D eigenvalue weighted by molar-refractivity contribution is 5.80. The summed E-state index contributed by atoms with van der Waals surface area (Å²) in [5.74, 6) is 1.43. The van der Waals surface area contributed by atoms with Gasteiger partial charge in [-0.1, -0.05) is 48.6 Å². The highest BCUT2D eigenvalue weighted by Gasteiger charge is 2.05. The quantitative estimate of drug-likeness (QED) is 0.509. The number of benzene rings is 3. The minimum atomic E-state index is 0.529. The van der Waals surface area contributed by atoms with E-state index in [1.54, 1.807) is 13.2 Å². The smallest absolute Gasteiger partial charge is 0.138 e. The third-order valence-electron chi connectivity index (χ3n) is 4.36. The molecule has 1 N–H and O–H groups in total. The summed E-state index contributed by atoms with van der Waals surface area (Å²) in [4.78, 5) is 8.02. The third-order valence-corrected chi connectivity index (χ3v) is 4.36. The average Bonchev–Trinajstić information content (AvgIpc) is 3.16. The van der Waals surface area contributed by atoms with E-state index in [1.165, 1.54) is 0 Å². The number of nitriles is 1. The van der Waals surface area contributed by atoms with Gasteiger partial charge in [-0.15, -0.1) is 0 Å². The molecule has 0 aliphatic rings. The van der Waals surface area contributed by atoms with Gasteiger partial charge >= 0.3 is 0 Å². The maximum atomic E-state index is 9.08. The minimum absolute atomic E-state index is 0.529. The highest BCUT2D eigenvalue weighted by Crippen LogP contribution is 2.23. The second-order valence-electron chi connectivity index (χ2n) is 6.13. The van der Waals surface area contributed by atoms with Crippen LogP contribution in [-0.2, 0) is 0 Å². The van der Waals surface area contributed by atoms with Gasteiger partial charge in [0.1, 0.15) is 17.6 Å². The van der Waals surface area contributed by atoms with Crippen LogP contribution < -0.4 is 4.74 Å². The van der Waals surface area contributed by atoms with Crippen LogP contribution in [0.4, 0.5) is 0 Å². The monoisotopic (exact) mass is 351 g/mol. The molecule has 0 radical (unpaired) electrons. The summed E-state index contributed by atoms with van der Waals surface area (Å²) in [6.07, 6.45) is 4.04. The number of rotatable bonds is 4. The van der Waals surface area contributed by atoms with Gasteiger partial charge in [0.05, 0.1) is 23.7 Å². The number of methoxy groups -OCH3 is 1. The fraction of sp³-hybridized carbons (Fsp3) is 0.0435. The van der Waals surface area contributed by atoms with Crippen molar-refractivity contribution in [2.45, 2.75) is 0 Å². The molecule has 130 valence electrons. The predicted octanol–water partition coefficient (Wildman–Crippen LogP) is 5.28. The van der Waals surface area contributed by atoms with Crippen molar-refractivity contribution in [1.29, 1.82) is 5.26 Å². The van der Waals surface area contributed by atoms with E-state index in [0.717, 1.165) is 33.5 Å². The number of aromatic amines is 1. The Morgan fingerprint density at radius 1 is 0.963 bits per heavy atom. The molecular formula is C23H17N3O. The first kappa shape index (κ1) is 16.6. The van der Waals surface area contributed by atoms with E-state index >= 15 is 0 Å². The summed E-state index contributed by atoms with van der Waals surface area (Å²) in [5, 5.41) is 9.08. The maximum Gasteiger partial charge on any atom is 0.138 e. The minimum Gasteiger partial charge on any atom is -0.495 e. The molecule has 4 rings (SSSR count). The largest absolute Gasteiger partial charge is 0.495 e. The Balaban J connectivity index is 1.63. The molecule has 0 atom stereocenters. The lowest BCUT2D eigenvalue weighted by Crippen LogP contribution is -1.88. The summed E-state index contributed by atoms with van der Waals surface area (Å²) < 4.78 is 5.27. The van der Waals surface area contributed by atoms with Crippen molar-refractivity contribution in [3.8, 4) is 23.2 Å². The molecule has 0 amide bonds. The van der Waals surface area contributed by atoms with Crippen LogP contribution in [0.1, 0.15) is 16.7 Å². The van der Waals surface area contributed by atoms with Crippen molar-refractivity contribution in [3.05, 3.63) is 83.4 Å². The molecule has 1 heterocycles. The molecule has 0 saturated heterocycles. The van der Waals surface area contributed by atoms with Crippen molar-refractivity contribution in [2.24, 2.45) is 0 Å². The molecular weight excluding hydrogens is 334 g/mol. The van der Waals surface area contributed by atoms with E-state index in [2.05, 4.69) is 22.1 Å². The van der Waals surface area contributed by atoms with Gasteiger partial charge in [0.25, 0.3) is 0 Å². The molecule has 4 nitrogen and oxygen atoms in total. The van der Waals surface area contributed by atoms with Gasteiger partial charge in [0, 0.05) is 5.56 Å². The molecule has 27 heavy (non-hydrogen) atoms.